The van der Waals surface area contributed by atoms with Crippen LogP contribution in [0.2, 0.25) is 0 Å². The number of nitrogens with zero attached hydrogens (tertiary/aromatic N) is 2. The molecule has 124 valence electrons. The Morgan fingerprint density at radius 2 is 1.91 bits per heavy atom. The first kappa shape index (κ1) is 18.5. The summed E-state index contributed by atoms with van der Waals surface area (Å²) in [5.41, 5.74) is 1.13. The topological polar surface area (TPSA) is 59.9 Å². The van der Waals surface area contributed by atoms with Crippen molar-refractivity contribution in [1.29, 1.82) is 0 Å². The molecule has 22 heavy (non-hydrogen) atoms. The summed E-state index contributed by atoms with van der Waals surface area (Å²) >= 11 is 0. The first-order valence-electron chi connectivity index (χ1n) is 7.89. The highest BCUT2D eigenvalue weighted by Gasteiger charge is 2.11. The number of likely N-dealkylation sites (N-methyl/N-ethyl adjacent to an activating group) is 1. The smallest absolute Gasteiger partial charge is 0.191 e. The Balaban J connectivity index is 2.40. The van der Waals surface area contributed by atoms with Crippen molar-refractivity contribution in [2.24, 2.45) is 4.99 Å². The summed E-state index contributed by atoms with van der Waals surface area (Å²) in [7, 11) is 3.87. The van der Waals surface area contributed by atoms with Crippen molar-refractivity contribution in [2.75, 3.05) is 40.3 Å². The summed E-state index contributed by atoms with van der Waals surface area (Å²) in [5, 5.41) is 16.2. The van der Waals surface area contributed by atoms with Crippen LogP contribution in [-0.4, -0.2) is 62.3 Å². The summed E-state index contributed by atoms with van der Waals surface area (Å²) in [6.45, 7) is 6.92. The SMILES string of the molecule is CN=C(NCCN(C)C(C)C)NCC(CO)c1ccccc1. The van der Waals surface area contributed by atoms with E-state index in [1.54, 1.807) is 7.05 Å². The molecule has 0 amide bonds. The van der Waals surface area contributed by atoms with Crippen LogP contribution in [0.1, 0.15) is 25.3 Å². The van der Waals surface area contributed by atoms with Gasteiger partial charge >= 0.3 is 0 Å². The summed E-state index contributed by atoms with van der Waals surface area (Å²) < 4.78 is 0. The van der Waals surface area contributed by atoms with Crippen molar-refractivity contribution < 1.29 is 5.11 Å². The molecule has 1 aromatic carbocycles. The van der Waals surface area contributed by atoms with E-state index < -0.39 is 0 Å². The van der Waals surface area contributed by atoms with Crippen molar-refractivity contribution in [3.63, 3.8) is 0 Å². The molecule has 0 aliphatic heterocycles. The monoisotopic (exact) mass is 306 g/mol. The number of hydrogen-bond donors (Lipinski definition) is 3. The zero-order chi connectivity index (χ0) is 16.4. The van der Waals surface area contributed by atoms with Crippen molar-refractivity contribution in [3.8, 4) is 0 Å². The second kappa shape index (κ2) is 10.2. The predicted molar refractivity (Wildman–Crippen MR) is 93.4 cm³/mol. The lowest BCUT2D eigenvalue weighted by molar-refractivity contribution is 0.264. The minimum Gasteiger partial charge on any atom is -0.396 e. The number of aliphatic hydroxyl groups is 1. The van der Waals surface area contributed by atoms with Crippen molar-refractivity contribution >= 4 is 5.96 Å². The number of guanidine groups is 1. The largest absolute Gasteiger partial charge is 0.396 e. The molecule has 0 spiro atoms. The Bertz CT molecular complexity index is 434. The number of benzene rings is 1. The zero-order valence-electron chi connectivity index (χ0n) is 14.2. The van der Waals surface area contributed by atoms with E-state index in [4.69, 9.17) is 0 Å². The fourth-order valence-electron chi connectivity index (χ4n) is 2.06. The number of rotatable bonds is 8. The van der Waals surface area contributed by atoms with E-state index in [1.807, 2.05) is 30.3 Å². The van der Waals surface area contributed by atoms with Gasteiger partial charge < -0.3 is 20.6 Å². The Kier molecular flexibility index (Phi) is 8.55. The van der Waals surface area contributed by atoms with Crippen LogP contribution in [0.15, 0.2) is 35.3 Å². The second-order valence-corrected chi connectivity index (χ2v) is 5.74. The van der Waals surface area contributed by atoms with E-state index in [2.05, 4.69) is 41.4 Å². The van der Waals surface area contributed by atoms with Gasteiger partial charge in [-0.15, -0.1) is 0 Å². The van der Waals surface area contributed by atoms with Crippen LogP contribution >= 0.6 is 0 Å². The van der Waals surface area contributed by atoms with E-state index in [9.17, 15) is 5.11 Å². The van der Waals surface area contributed by atoms with Gasteiger partial charge in [-0.1, -0.05) is 30.3 Å². The Labute approximate surface area is 134 Å². The van der Waals surface area contributed by atoms with E-state index >= 15 is 0 Å². The molecule has 0 radical (unpaired) electrons. The lowest BCUT2D eigenvalue weighted by atomic mass is 10.0. The van der Waals surface area contributed by atoms with Crippen LogP contribution in [0, 0.1) is 0 Å². The van der Waals surface area contributed by atoms with Gasteiger partial charge in [-0.05, 0) is 26.5 Å². The van der Waals surface area contributed by atoms with Gasteiger partial charge in [-0.3, -0.25) is 4.99 Å². The second-order valence-electron chi connectivity index (χ2n) is 5.74. The van der Waals surface area contributed by atoms with Crippen LogP contribution in [-0.2, 0) is 0 Å². The normalized spacial score (nSPS) is 13.5. The highest BCUT2D eigenvalue weighted by molar-refractivity contribution is 5.79. The Hall–Kier alpha value is -1.59. The number of nitrogens with one attached hydrogen (secondary N) is 2. The molecule has 0 heterocycles. The molecular formula is C17H30N4O. The summed E-state index contributed by atoms with van der Waals surface area (Å²) in [4.78, 5) is 6.50. The molecule has 0 aromatic heterocycles. The molecule has 3 N–H and O–H groups in total. The van der Waals surface area contributed by atoms with Gasteiger partial charge in [0.15, 0.2) is 5.96 Å². The highest BCUT2D eigenvalue weighted by atomic mass is 16.3. The van der Waals surface area contributed by atoms with Crippen LogP contribution in [0.3, 0.4) is 0 Å². The molecule has 1 unspecified atom stereocenters. The molecule has 0 bridgehead atoms. The molecule has 0 fully saturated rings. The first-order chi connectivity index (χ1) is 10.6. The van der Waals surface area contributed by atoms with Gasteiger partial charge in [-0.25, -0.2) is 0 Å². The van der Waals surface area contributed by atoms with E-state index in [-0.39, 0.29) is 12.5 Å². The van der Waals surface area contributed by atoms with Crippen molar-refractivity contribution in [1.82, 2.24) is 15.5 Å². The lowest BCUT2D eigenvalue weighted by Crippen LogP contribution is -2.43. The van der Waals surface area contributed by atoms with Crippen LogP contribution in [0.5, 0.6) is 0 Å². The lowest BCUT2D eigenvalue weighted by Gasteiger charge is -2.22. The van der Waals surface area contributed by atoms with Crippen molar-refractivity contribution in [3.05, 3.63) is 35.9 Å². The maximum Gasteiger partial charge on any atom is 0.191 e. The minimum atomic E-state index is 0.0677. The maximum absolute atomic E-state index is 9.57. The summed E-state index contributed by atoms with van der Waals surface area (Å²) in [6.07, 6.45) is 0. The van der Waals surface area contributed by atoms with E-state index in [1.165, 1.54) is 0 Å². The van der Waals surface area contributed by atoms with Gasteiger partial charge in [0.05, 0.1) is 6.61 Å². The van der Waals surface area contributed by atoms with Gasteiger partial charge in [-0.2, -0.15) is 0 Å². The fraction of sp³-hybridized carbons (Fsp3) is 0.588. The first-order valence-corrected chi connectivity index (χ1v) is 7.89. The molecule has 0 aliphatic carbocycles. The molecule has 1 aromatic rings. The average Bonchev–Trinajstić information content (AvgIpc) is 2.54. The van der Waals surface area contributed by atoms with Crippen molar-refractivity contribution in [2.45, 2.75) is 25.8 Å². The summed E-state index contributed by atoms with van der Waals surface area (Å²) in [6, 6.07) is 10.6. The molecule has 0 saturated carbocycles. The molecular weight excluding hydrogens is 276 g/mol. The van der Waals surface area contributed by atoms with Gasteiger partial charge in [0, 0.05) is 38.6 Å². The standard InChI is InChI=1S/C17H30N4O/c1-14(2)21(4)11-10-19-17(18-3)20-12-16(13-22)15-8-6-5-7-9-15/h5-9,14,16,22H,10-13H2,1-4H3,(H2,18,19,20). The summed E-state index contributed by atoms with van der Waals surface area (Å²) in [5.74, 6) is 0.838. The average molecular weight is 306 g/mol. The van der Waals surface area contributed by atoms with Gasteiger partial charge in [0.25, 0.3) is 0 Å². The van der Waals surface area contributed by atoms with E-state index in [0.29, 0.717) is 12.6 Å². The van der Waals surface area contributed by atoms with E-state index in [0.717, 1.165) is 24.6 Å². The molecule has 5 nitrogen and oxygen atoms in total. The van der Waals surface area contributed by atoms with Gasteiger partial charge in [0.1, 0.15) is 0 Å². The van der Waals surface area contributed by atoms with Crippen LogP contribution in [0.4, 0.5) is 0 Å². The van der Waals surface area contributed by atoms with Crippen LogP contribution < -0.4 is 10.6 Å². The van der Waals surface area contributed by atoms with Gasteiger partial charge in [0.2, 0.25) is 0 Å². The third-order valence-corrected chi connectivity index (χ3v) is 3.87. The fourth-order valence-corrected chi connectivity index (χ4v) is 2.06. The molecule has 1 rings (SSSR count). The third-order valence-electron chi connectivity index (χ3n) is 3.87. The molecule has 0 aliphatic rings. The predicted octanol–water partition coefficient (Wildman–Crippen LogP) is 1.27. The number of aliphatic imine (C=N–C) groups is 1. The van der Waals surface area contributed by atoms with Crippen LogP contribution in [0.25, 0.3) is 0 Å². The minimum absolute atomic E-state index is 0.0677. The zero-order valence-corrected chi connectivity index (χ0v) is 14.2. The maximum atomic E-state index is 9.57. The molecule has 5 heteroatoms. The quantitative estimate of drug-likeness (QED) is 0.500. The number of aliphatic hydroxyl groups excluding tert-OH is 1. The molecule has 1 atom stereocenters. The molecule has 0 saturated heterocycles. The number of hydrogen-bond acceptors (Lipinski definition) is 3. The Morgan fingerprint density at radius 3 is 2.45 bits per heavy atom. The highest BCUT2D eigenvalue weighted by Crippen LogP contribution is 2.13. The Morgan fingerprint density at radius 1 is 1.23 bits per heavy atom. The third kappa shape index (κ3) is 6.45.